The first-order valence-electron chi connectivity index (χ1n) is 3.58. The number of rotatable bonds is 4. The van der Waals surface area contributed by atoms with Gasteiger partial charge in [0.2, 0.25) is 5.92 Å². The highest BCUT2D eigenvalue weighted by Gasteiger charge is 2.31. The van der Waals surface area contributed by atoms with E-state index in [1.807, 2.05) is 0 Å². The van der Waals surface area contributed by atoms with E-state index in [0.29, 0.717) is 13.0 Å². The molecule has 0 rings (SSSR count). The van der Waals surface area contributed by atoms with Crippen LogP contribution in [0, 0.1) is 5.92 Å². The quantitative estimate of drug-likeness (QED) is 0.653. The Morgan fingerprint density at radius 3 is 2.20 bits per heavy atom. The van der Waals surface area contributed by atoms with Crippen molar-refractivity contribution in [3.05, 3.63) is 0 Å². The lowest BCUT2D eigenvalue weighted by atomic mass is 10.0. The molecule has 1 nitrogen and oxygen atoms in total. The molecule has 0 atom stereocenters. The minimum atomic E-state index is -2.53. The number of hydrogen-bond acceptors (Lipinski definition) is 1. The molecule has 0 aromatic rings. The summed E-state index contributed by atoms with van der Waals surface area (Å²) in [5.41, 5.74) is 5.10. The van der Waals surface area contributed by atoms with Crippen LogP contribution in [0.1, 0.15) is 26.7 Å². The zero-order valence-corrected chi connectivity index (χ0v) is 6.53. The van der Waals surface area contributed by atoms with Crippen molar-refractivity contribution in [1.82, 2.24) is 0 Å². The van der Waals surface area contributed by atoms with Gasteiger partial charge in [-0.1, -0.05) is 13.8 Å². The molecule has 0 saturated heterocycles. The van der Waals surface area contributed by atoms with Crippen molar-refractivity contribution in [2.45, 2.75) is 32.6 Å². The summed E-state index contributed by atoms with van der Waals surface area (Å²) in [4.78, 5) is 0. The van der Waals surface area contributed by atoms with E-state index in [4.69, 9.17) is 5.73 Å². The van der Waals surface area contributed by atoms with Gasteiger partial charge in [0, 0.05) is 12.3 Å². The Hall–Kier alpha value is -0.180. The van der Waals surface area contributed by atoms with Gasteiger partial charge in [-0.2, -0.15) is 0 Å². The van der Waals surface area contributed by atoms with Crippen LogP contribution in [0.2, 0.25) is 0 Å². The van der Waals surface area contributed by atoms with Gasteiger partial charge in [-0.25, -0.2) is 8.78 Å². The first-order chi connectivity index (χ1) is 4.50. The van der Waals surface area contributed by atoms with Gasteiger partial charge in [-0.3, -0.25) is 0 Å². The second-order valence-corrected chi connectivity index (χ2v) is 2.81. The third-order valence-electron chi connectivity index (χ3n) is 1.56. The van der Waals surface area contributed by atoms with E-state index >= 15 is 0 Å². The molecular weight excluding hydrogens is 136 g/mol. The van der Waals surface area contributed by atoms with Crippen LogP contribution >= 0.6 is 0 Å². The van der Waals surface area contributed by atoms with Crippen molar-refractivity contribution in [3.63, 3.8) is 0 Å². The Kier molecular flexibility index (Phi) is 3.79. The summed E-state index contributed by atoms with van der Waals surface area (Å²) < 4.78 is 25.4. The lowest BCUT2D eigenvalue weighted by molar-refractivity contribution is -0.0531. The molecule has 0 aliphatic carbocycles. The van der Waals surface area contributed by atoms with E-state index in [-0.39, 0.29) is 6.42 Å². The number of alkyl halides is 2. The molecule has 0 saturated carbocycles. The molecule has 0 bridgehead atoms. The number of hydrogen-bond donors (Lipinski definition) is 1. The molecule has 0 aromatic heterocycles. The largest absolute Gasteiger partial charge is 0.330 e. The monoisotopic (exact) mass is 151 g/mol. The average molecular weight is 151 g/mol. The van der Waals surface area contributed by atoms with Crippen molar-refractivity contribution in [1.29, 1.82) is 0 Å². The molecule has 10 heavy (non-hydrogen) atoms. The van der Waals surface area contributed by atoms with Crippen molar-refractivity contribution in [3.8, 4) is 0 Å². The first-order valence-corrected chi connectivity index (χ1v) is 3.58. The molecule has 0 spiro atoms. The number of halogens is 2. The van der Waals surface area contributed by atoms with Crippen LogP contribution in [0.5, 0.6) is 0 Å². The van der Waals surface area contributed by atoms with E-state index in [1.165, 1.54) is 13.8 Å². The third-order valence-corrected chi connectivity index (χ3v) is 1.56. The maximum atomic E-state index is 12.7. The second kappa shape index (κ2) is 3.86. The maximum absolute atomic E-state index is 12.7. The Balaban J connectivity index is 3.63. The summed E-state index contributed by atoms with van der Waals surface area (Å²) in [5.74, 6) is -3.10. The summed E-state index contributed by atoms with van der Waals surface area (Å²) in [7, 11) is 0. The molecule has 0 aromatic carbocycles. The van der Waals surface area contributed by atoms with Gasteiger partial charge in [-0.05, 0) is 13.0 Å². The lowest BCUT2D eigenvalue weighted by Gasteiger charge is -2.19. The molecule has 3 heteroatoms. The van der Waals surface area contributed by atoms with Crippen LogP contribution in [0.4, 0.5) is 8.78 Å². The molecule has 0 amide bonds. The second-order valence-electron chi connectivity index (χ2n) is 2.81. The van der Waals surface area contributed by atoms with Crippen LogP contribution in [-0.4, -0.2) is 12.5 Å². The van der Waals surface area contributed by atoms with E-state index in [9.17, 15) is 8.78 Å². The topological polar surface area (TPSA) is 26.0 Å². The Morgan fingerprint density at radius 2 is 1.90 bits per heavy atom. The summed E-state index contributed by atoms with van der Waals surface area (Å²) in [6.45, 7) is 3.40. The van der Waals surface area contributed by atoms with Gasteiger partial charge in [0.05, 0.1) is 0 Å². The SMILES string of the molecule is CC(C)C(F)(F)CCCN. The fraction of sp³-hybridized carbons (Fsp3) is 1.00. The fourth-order valence-electron chi connectivity index (χ4n) is 0.626. The number of nitrogens with two attached hydrogens (primary N) is 1. The van der Waals surface area contributed by atoms with Gasteiger partial charge < -0.3 is 5.73 Å². The van der Waals surface area contributed by atoms with Crippen LogP contribution in [0.15, 0.2) is 0 Å². The van der Waals surface area contributed by atoms with Crippen molar-refractivity contribution in [2.75, 3.05) is 6.54 Å². The highest BCUT2D eigenvalue weighted by atomic mass is 19.3. The van der Waals surface area contributed by atoms with Crippen LogP contribution in [0.25, 0.3) is 0 Å². The Morgan fingerprint density at radius 1 is 1.40 bits per heavy atom. The van der Waals surface area contributed by atoms with E-state index in [0.717, 1.165) is 0 Å². The molecule has 2 N–H and O–H groups in total. The molecular formula is C7H15F2N. The van der Waals surface area contributed by atoms with Crippen LogP contribution in [0.3, 0.4) is 0 Å². The maximum Gasteiger partial charge on any atom is 0.250 e. The third kappa shape index (κ3) is 3.11. The minimum Gasteiger partial charge on any atom is -0.330 e. The molecule has 0 radical (unpaired) electrons. The van der Waals surface area contributed by atoms with Gasteiger partial charge in [0.1, 0.15) is 0 Å². The van der Waals surface area contributed by atoms with E-state index < -0.39 is 11.8 Å². The average Bonchev–Trinajstić information content (AvgIpc) is 1.84. The highest BCUT2D eigenvalue weighted by molar-refractivity contribution is 4.69. The van der Waals surface area contributed by atoms with Crippen molar-refractivity contribution in [2.24, 2.45) is 11.7 Å². The van der Waals surface area contributed by atoms with Gasteiger partial charge in [0.25, 0.3) is 0 Å². The summed E-state index contributed by atoms with van der Waals surface area (Å²) in [6.07, 6.45) is 0.326. The lowest BCUT2D eigenvalue weighted by Crippen LogP contribution is -2.24. The predicted molar refractivity (Wildman–Crippen MR) is 38.1 cm³/mol. The van der Waals surface area contributed by atoms with Gasteiger partial charge in [0.15, 0.2) is 0 Å². The molecule has 0 aliphatic heterocycles. The van der Waals surface area contributed by atoms with Crippen LogP contribution in [-0.2, 0) is 0 Å². The fourth-order valence-corrected chi connectivity index (χ4v) is 0.626. The smallest absolute Gasteiger partial charge is 0.250 e. The van der Waals surface area contributed by atoms with Gasteiger partial charge >= 0.3 is 0 Å². The summed E-state index contributed by atoms with van der Waals surface area (Å²) in [6, 6.07) is 0. The molecule has 0 heterocycles. The predicted octanol–water partition coefficient (Wildman–Crippen LogP) is 2.02. The Labute approximate surface area is 60.6 Å². The Bertz CT molecular complexity index is 91.6. The first kappa shape index (κ1) is 9.82. The summed E-state index contributed by atoms with van der Waals surface area (Å²) >= 11 is 0. The molecule has 0 unspecified atom stereocenters. The van der Waals surface area contributed by atoms with Gasteiger partial charge in [-0.15, -0.1) is 0 Å². The van der Waals surface area contributed by atoms with Crippen LogP contribution < -0.4 is 5.73 Å². The zero-order valence-electron chi connectivity index (χ0n) is 6.53. The van der Waals surface area contributed by atoms with E-state index in [1.54, 1.807) is 0 Å². The minimum absolute atomic E-state index is 0.0822. The summed E-state index contributed by atoms with van der Waals surface area (Å²) in [5, 5.41) is 0. The standard InChI is InChI=1S/C7H15F2N/c1-6(2)7(8,9)4-3-5-10/h6H,3-5,10H2,1-2H3. The van der Waals surface area contributed by atoms with Crippen molar-refractivity contribution < 1.29 is 8.78 Å². The molecule has 62 valence electrons. The normalized spacial score (nSPS) is 12.6. The van der Waals surface area contributed by atoms with E-state index in [2.05, 4.69) is 0 Å². The highest BCUT2D eigenvalue weighted by Crippen LogP contribution is 2.28. The van der Waals surface area contributed by atoms with Crippen molar-refractivity contribution >= 4 is 0 Å². The molecule has 0 aliphatic rings. The molecule has 0 fully saturated rings. The zero-order chi connectivity index (χ0) is 8.20.